The fourth-order valence-electron chi connectivity index (χ4n) is 2.24. The van der Waals surface area contributed by atoms with Gasteiger partial charge in [-0.05, 0) is 39.9 Å². The first-order chi connectivity index (χ1) is 8.15. The van der Waals surface area contributed by atoms with Gasteiger partial charge in [-0.25, -0.2) is 4.98 Å². The number of nitrogens with zero attached hydrogens (tertiary/aromatic N) is 2. The first-order valence-corrected chi connectivity index (χ1v) is 7.37. The second kappa shape index (κ2) is 5.94. The van der Waals surface area contributed by atoms with E-state index < -0.39 is 0 Å². The molecule has 96 valence electrons. The van der Waals surface area contributed by atoms with E-state index in [9.17, 15) is 0 Å². The minimum atomic E-state index is 0.536. The zero-order valence-electron chi connectivity index (χ0n) is 11.1. The summed E-state index contributed by atoms with van der Waals surface area (Å²) in [5, 5.41) is 7.10. The Labute approximate surface area is 108 Å². The largest absolute Gasteiger partial charge is 0.313 e. The maximum Gasteiger partial charge on any atom is 0.0969 e. The summed E-state index contributed by atoms with van der Waals surface area (Å²) in [7, 11) is 2.21. The Morgan fingerprint density at radius 3 is 2.82 bits per heavy atom. The molecule has 2 rings (SSSR count). The van der Waals surface area contributed by atoms with Gasteiger partial charge in [0, 0.05) is 29.6 Å². The molecule has 1 saturated heterocycles. The lowest BCUT2D eigenvalue weighted by atomic mass is 10.0. The van der Waals surface area contributed by atoms with Crippen LogP contribution in [0.25, 0.3) is 0 Å². The van der Waals surface area contributed by atoms with E-state index in [0.29, 0.717) is 12.0 Å². The lowest BCUT2D eigenvalue weighted by Crippen LogP contribution is -2.41. The van der Waals surface area contributed by atoms with E-state index in [0.717, 1.165) is 12.2 Å². The average Bonchev–Trinajstić information content (AvgIpc) is 2.75. The highest BCUT2D eigenvalue weighted by Crippen LogP contribution is 2.19. The zero-order chi connectivity index (χ0) is 12.3. The molecule has 0 bridgehead atoms. The summed E-state index contributed by atoms with van der Waals surface area (Å²) < 4.78 is 0. The molecule has 17 heavy (non-hydrogen) atoms. The number of hydrogen-bond acceptors (Lipinski definition) is 4. The number of likely N-dealkylation sites (tertiary alicyclic amines) is 1. The van der Waals surface area contributed by atoms with E-state index in [1.807, 2.05) is 0 Å². The Balaban J connectivity index is 1.74. The van der Waals surface area contributed by atoms with Gasteiger partial charge in [0.1, 0.15) is 0 Å². The van der Waals surface area contributed by atoms with Crippen LogP contribution in [-0.4, -0.2) is 42.6 Å². The topological polar surface area (TPSA) is 28.2 Å². The van der Waals surface area contributed by atoms with E-state index in [1.165, 1.54) is 30.9 Å². The van der Waals surface area contributed by atoms with E-state index in [4.69, 9.17) is 0 Å². The summed E-state index contributed by atoms with van der Waals surface area (Å²) in [6, 6.07) is 0.703. The molecule has 0 unspecified atom stereocenters. The average molecular weight is 253 g/mol. The van der Waals surface area contributed by atoms with Crippen molar-refractivity contribution >= 4 is 11.3 Å². The molecule has 2 heterocycles. The lowest BCUT2D eigenvalue weighted by Gasteiger charge is -2.30. The summed E-state index contributed by atoms with van der Waals surface area (Å²) in [6.07, 6.45) is 2.56. The van der Waals surface area contributed by atoms with Gasteiger partial charge in [0.25, 0.3) is 0 Å². The normalized spacial score (nSPS) is 20.6. The SMILES string of the molecule is Cc1csc([C@H](C)CNC2CCN(C)CC2)n1. The first-order valence-electron chi connectivity index (χ1n) is 6.49. The molecular weight excluding hydrogens is 230 g/mol. The van der Waals surface area contributed by atoms with Gasteiger partial charge in [0.15, 0.2) is 0 Å². The number of rotatable bonds is 4. The Hall–Kier alpha value is -0.450. The standard InChI is InChI=1S/C13H23N3S/c1-10(13-15-11(2)9-17-13)8-14-12-4-6-16(3)7-5-12/h9-10,12,14H,4-8H2,1-3H3/t10-/m1/s1. The van der Waals surface area contributed by atoms with Crippen LogP contribution < -0.4 is 5.32 Å². The maximum atomic E-state index is 4.56. The van der Waals surface area contributed by atoms with Crippen molar-refractivity contribution in [2.24, 2.45) is 0 Å². The second-order valence-electron chi connectivity index (χ2n) is 5.21. The van der Waals surface area contributed by atoms with Crippen molar-refractivity contribution in [3.8, 4) is 0 Å². The molecule has 1 atom stereocenters. The number of nitrogens with one attached hydrogen (secondary N) is 1. The summed E-state index contributed by atoms with van der Waals surface area (Å²) >= 11 is 1.79. The highest BCUT2D eigenvalue weighted by molar-refractivity contribution is 7.09. The molecule has 1 aromatic rings. The van der Waals surface area contributed by atoms with Crippen molar-refractivity contribution in [3.63, 3.8) is 0 Å². The van der Waals surface area contributed by atoms with Gasteiger partial charge >= 0.3 is 0 Å². The molecule has 1 N–H and O–H groups in total. The van der Waals surface area contributed by atoms with Crippen LogP contribution in [0.2, 0.25) is 0 Å². The minimum Gasteiger partial charge on any atom is -0.313 e. The Morgan fingerprint density at radius 1 is 1.53 bits per heavy atom. The van der Waals surface area contributed by atoms with Gasteiger partial charge in [-0.15, -0.1) is 11.3 Å². The summed E-state index contributed by atoms with van der Waals surface area (Å²) in [5.41, 5.74) is 1.15. The van der Waals surface area contributed by atoms with E-state index in [2.05, 4.69) is 41.5 Å². The predicted octanol–water partition coefficient (Wildman–Crippen LogP) is 2.24. The smallest absolute Gasteiger partial charge is 0.0969 e. The predicted molar refractivity (Wildman–Crippen MR) is 73.8 cm³/mol. The van der Waals surface area contributed by atoms with Gasteiger partial charge in [-0.1, -0.05) is 6.92 Å². The van der Waals surface area contributed by atoms with Crippen molar-refractivity contribution in [1.29, 1.82) is 0 Å². The van der Waals surface area contributed by atoms with Gasteiger partial charge in [0.05, 0.1) is 5.01 Å². The van der Waals surface area contributed by atoms with Crippen molar-refractivity contribution in [2.45, 2.75) is 38.6 Å². The maximum absolute atomic E-state index is 4.56. The Kier molecular flexibility index (Phi) is 4.54. The number of piperidine rings is 1. The molecular formula is C13H23N3S. The van der Waals surface area contributed by atoms with Crippen LogP contribution in [0.15, 0.2) is 5.38 Å². The quantitative estimate of drug-likeness (QED) is 0.892. The molecule has 0 radical (unpaired) electrons. The third kappa shape index (κ3) is 3.76. The molecule has 4 heteroatoms. The minimum absolute atomic E-state index is 0.536. The van der Waals surface area contributed by atoms with E-state index >= 15 is 0 Å². The molecule has 1 fully saturated rings. The Bertz CT molecular complexity index is 342. The Morgan fingerprint density at radius 2 is 2.24 bits per heavy atom. The van der Waals surface area contributed by atoms with Gasteiger partial charge in [-0.3, -0.25) is 0 Å². The van der Waals surface area contributed by atoms with Crippen LogP contribution in [0.3, 0.4) is 0 Å². The lowest BCUT2D eigenvalue weighted by molar-refractivity contribution is 0.233. The summed E-state index contributed by atoms with van der Waals surface area (Å²) in [4.78, 5) is 6.97. The van der Waals surface area contributed by atoms with Gasteiger partial charge in [-0.2, -0.15) is 0 Å². The van der Waals surface area contributed by atoms with Crippen molar-refractivity contribution in [1.82, 2.24) is 15.2 Å². The summed E-state index contributed by atoms with van der Waals surface area (Å²) in [5.74, 6) is 0.536. The van der Waals surface area contributed by atoms with Crippen LogP contribution in [0.5, 0.6) is 0 Å². The summed E-state index contributed by atoms with van der Waals surface area (Å²) in [6.45, 7) is 7.84. The monoisotopic (exact) mass is 253 g/mol. The highest BCUT2D eigenvalue weighted by atomic mass is 32.1. The van der Waals surface area contributed by atoms with Crippen LogP contribution in [0.4, 0.5) is 0 Å². The molecule has 0 saturated carbocycles. The fourth-order valence-corrected chi connectivity index (χ4v) is 3.10. The van der Waals surface area contributed by atoms with Crippen molar-refractivity contribution in [2.75, 3.05) is 26.7 Å². The van der Waals surface area contributed by atoms with E-state index in [1.54, 1.807) is 11.3 Å². The van der Waals surface area contributed by atoms with Crippen molar-refractivity contribution < 1.29 is 0 Å². The van der Waals surface area contributed by atoms with Crippen LogP contribution in [0, 0.1) is 6.92 Å². The fraction of sp³-hybridized carbons (Fsp3) is 0.769. The number of aryl methyl sites for hydroxylation is 1. The molecule has 1 aliphatic rings. The number of aromatic nitrogens is 1. The molecule has 1 aliphatic heterocycles. The molecule has 0 amide bonds. The zero-order valence-corrected chi connectivity index (χ0v) is 11.9. The third-order valence-corrected chi connectivity index (χ3v) is 4.68. The van der Waals surface area contributed by atoms with Crippen LogP contribution in [0.1, 0.15) is 36.4 Å². The number of hydrogen-bond donors (Lipinski definition) is 1. The third-order valence-electron chi connectivity index (χ3n) is 3.49. The molecule has 0 aromatic carbocycles. The first kappa shape index (κ1) is 13.0. The number of thiazole rings is 1. The molecule has 0 aliphatic carbocycles. The van der Waals surface area contributed by atoms with Crippen LogP contribution in [-0.2, 0) is 0 Å². The van der Waals surface area contributed by atoms with Gasteiger partial charge in [0.2, 0.25) is 0 Å². The second-order valence-corrected chi connectivity index (χ2v) is 6.10. The van der Waals surface area contributed by atoms with Crippen molar-refractivity contribution in [3.05, 3.63) is 16.1 Å². The van der Waals surface area contributed by atoms with Crippen LogP contribution >= 0.6 is 11.3 Å². The molecule has 3 nitrogen and oxygen atoms in total. The highest BCUT2D eigenvalue weighted by Gasteiger charge is 2.17. The molecule has 0 spiro atoms. The van der Waals surface area contributed by atoms with E-state index in [-0.39, 0.29) is 0 Å². The van der Waals surface area contributed by atoms with Gasteiger partial charge < -0.3 is 10.2 Å². The molecule has 1 aromatic heterocycles.